The second-order valence-corrected chi connectivity index (χ2v) is 5.23. The quantitative estimate of drug-likeness (QED) is 0.617. The minimum absolute atomic E-state index is 0.240. The smallest absolute Gasteiger partial charge is 0.293 e. The highest BCUT2D eigenvalue weighted by Gasteiger charge is 2.33. The molecule has 21 heavy (non-hydrogen) atoms. The van der Waals surface area contributed by atoms with Gasteiger partial charge in [-0.3, -0.25) is 14.5 Å². The molecule has 108 valence electrons. The SMILES string of the molecule is C=CCN1C(=O)S/C(=C/C=C/c2ccc(OC)cc2)C1=O. The molecule has 5 heteroatoms. The second kappa shape index (κ2) is 6.95. The van der Waals surface area contributed by atoms with Gasteiger partial charge < -0.3 is 4.74 Å². The fourth-order valence-corrected chi connectivity index (χ4v) is 2.56. The van der Waals surface area contributed by atoms with Gasteiger partial charge in [-0.15, -0.1) is 6.58 Å². The van der Waals surface area contributed by atoms with Gasteiger partial charge in [-0.1, -0.05) is 30.4 Å². The molecule has 2 amide bonds. The van der Waals surface area contributed by atoms with E-state index in [1.165, 1.54) is 11.0 Å². The average molecular weight is 301 g/mol. The lowest BCUT2D eigenvalue weighted by atomic mass is 10.2. The third-order valence-corrected chi connectivity index (χ3v) is 3.76. The summed E-state index contributed by atoms with van der Waals surface area (Å²) in [5.74, 6) is 0.516. The lowest BCUT2D eigenvalue weighted by molar-refractivity contribution is -0.122. The highest BCUT2D eigenvalue weighted by Crippen LogP contribution is 2.30. The van der Waals surface area contributed by atoms with E-state index in [2.05, 4.69) is 6.58 Å². The molecule has 1 aliphatic heterocycles. The number of ether oxygens (including phenoxy) is 1. The average Bonchev–Trinajstić information content (AvgIpc) is 2.76. The number of amides is 2. The van der Waals surface area contributed by atoms with Crippen LogP contribution in [-0.4, -0.2) is 29.7 Å². The Kier molecular flexibility index (Phi) is 5.00. The third kappa shape index (κ3) is 3.64. The van der Waals surface area contributed by atoms with Crippen LogP contribution in [0.1, 0.15) is 5.56 Å². The van der Waals surface area contributed by atoms with Crippen LogP contribution in [0.25, 0.3) is 6.08 Å². The molecule has 0 aliphatic carbocycles. The maximum absolute atomic E-state index is 11.9. The number of hydrogen-bond donors (Lipinski definition) is 0. The van der Waals surface area contributed by atoms with E-state index in [9.17, 15) is 9.59 Å². The standard InChI is InChI=1S/C16H15NO3S/c1-3-11-17-15(18)14(21-16(17)19)6-4-5-12-7-9-13(20-2)10-8-12/h3-10H,1,11H2,2H3/b5-4+,14-6+. The lowest BCUT2D eigenvalue weighted by Crippen LogP contribution is -2.27. The van der Waals surface area contributed by atoms with E-state index >= 15 is 0 Å². The number of hydrogen-bond acceptors (Lipinski definition) is 4. The number of carbonyl (C=O) groups is 2. The predicted molar refractivity (Wildman–Crippen MR) is 85.0 cm³/mol. The summed E-state index contributed by atoms with van der Waals surface area (Å²) in [7, 11) is 1.62. The van der Waals surface area contributed by atoms with Crippen LogP contribution in [0, 0.1) is 0 Å². The van der Waals surface area contributed by atoms with Gasteiger partial charge in [0.2, 0.25) is 0 Å². The van der Waals surface area contributed by atoms with Crippen molar-refractivity contribution in [3.05, 3.63) is 59.5 Å². The minimum atomic E-state index is -0.274. The van der Waals surface area contributed by atoms with Gasteiger partial charge in [-0.05, 0) is 35.5 Å². The first-order chi connectivity index (χ1) is 10.2. The number of rotatable bonds is 5. The van der Waals surface area contributed by atoms with E-state index in [0.717, 1.165) is 23.1 Å². The molecule has 1 aromatic rings. The highest BCUT2D eigenvalue weighted by molar-refractivity contribution is 8.18. The molecule has 1 heterocycles. The number of carbonyl (C=O) groups excluding carboxylic acids is 2. The zero-order chi connectivity index (χ0) is 15.2. The normalized spacial score (nSPS) is 17.0. The number of allylic oxidation sites excluding steroid dienone is 2. The maximum atomic E-state index is 11.9. The van der Waals surface area contributed by atoms with Crippen LogP contribution in [0.3, 0.4) is 0 Å². The molecule has 1 fully saturated rings. The molecule has 1 aromatic carbocycles. The largest absolute Gasteiger partial charge is 0.497 e. The molecule has 2 rings (SSSR count). The van der Waals surface area contributed by atoms with Crippen molar-refractivity contribution >= 4 is 29.0 Å². The van der Waals surface area contributed by atoms with Crippen molar-refractivity contribution in [1.29, 1.82) is 0 Å². The van der Waals surface area contributed by atoms with E-state index in [1.807, 2.05) is 30.3 Å². The van der Waals surface area contributed by atoms with Gasteiger partial charge >= 0.3 is 0 Å². The van der Waals surface area contributed by atoms with Crippen molar-refractivity contribution in [1.82, 2.24) is 4.90 Å². The Morgan fingerprint density at radius 3 is 2.62 bits per heavy atom. The first-order valence-electron chi connectivity index (χ1n) is 6.32. The Morgan fingerprint density at radius 2 is 2.00 bits per heavy atom. The molecule has 0 aromatic heterocycles. The molecule has 4 nitrogen and oxygen atoms in total. The van der Waals surface area contributed by atoms with Crippen LogP contribution in [0.4, 0.5) is 4.79 Å². The summed E-state index contributed by atoms with van der Waals surface area (Å²) in [5, 5.41) is -0.260. The van der Waals surface area contributed by atoms with Crippen molar-refractivity contribution in [2.45, 2.75) is 0 Å². The molecule has 0 spiro atoms. The molecule has 0 radical (unpaired) electrons. The zero-order valence-electron chi connectivity index (χ0n) is 11.6. The third-order valence-electron chi connectivity index (χ3n) is 2.84. The van der Waals surface area contributed by atoms with Gasteiger partial charge in [0.15, 0.2) is 0 Å². The van der Waals surface area contributed by atoms with Crippen LogP contribution in [0.5, 0.6) is 5.75 Å². The van der Waals surface area contributed by atoms with Gasteiger partial charge in [-0.2, -0.15) is 0 Å². The molecule has 1 saturated heterocycles. The summed E-state index contributed by atoms with van der Waals surface area (Å²) in [5.41, 5.74) is 0.984. The Bertz CT molecular complexity index is 617. The monoisotopic (exact) mass is 301 g/mol. The van der Waals surface area contributed by atoms with Crippen molar-refractivity contribution in [3.63, 3.8) is 0 Å². The van der Waals surface area contributed by atoms with Crippen LogP contribution in [0.15, 0.2) is 54.0 Å². The van der Waals surface area contributed by atoms with Gasteiger partial charge in [0, 0.05) is 6.54 Å². The number of nitrogens with zero attached hydrogens (tertiary/aromatic N) is 1. The minimum Gasteiger partial charge on any atom is -0.497 e. The van der Waals surface area contributed by atoms with E-state index < -0.39 is 0 Å². The summed E-state index contributed by atoms with van der Waals surface area (Å²) in [6.45, 7) is 3.78. The highest BCUT2D eigenvalue weighted by atomic mass is 32.2. The van der Waals surface area contributed by atoms with Crippen LogP contribution in [0.2, 0.25) is 0 Å². The number of methoxy groups -OCH3 is 1. The second-order valence-electron chi connectivity index (χ2n) is 4.24. The predicted octanol–water partition coefficient (Wildman–Crippen LogP) is 3.47. The maximum Gasteiger partial charge on any atom is 0.293 e. The van der Waals surface area contributed by atoms with Crippen molar-refractivity contribution < 1.29 is 14.3 Å². The van der Waals surface area contributed by atoms with E-state index in [1.54, 1.807) is 19.3 Å². The molecule has 0 unspecified atom stereocenters. The van der Waals surface area contributed by atoms with Crippen molar-refractivity contribution in [3.8, 4) is 5.75 Å². The van der Waals surface area contributed by atoms with E-state index in [4.69, 9.17) is 4.74 Å². The van der Waals surface area contributed by atoms with Gasteiger partial charge in [0.05, 0.1) is 12.0 Å². The molecule has 1 aliphatic rings. The molecule has 0 atom stereocenters. The van der Waals surface area contributed by atoms with Crippen molar-refractivity contribution in [2.75, 3.05) is 13.7 Å². The summed E-state index contributed by atoms with van der Waals surface area (Å²) in [6, 6.07) is 7.54. The fraction of sp³-hybridized carbons (Fsp3) is 0.125. The number of thioether (sulfide) groups is 1. The van der Waals surface area contributed by atoms with Gasteiger partial charge in [0.1, 0.15) is 5.75 Å². The van der Waals surface area contributed by atoms with E-state index in [-0.39, 0.29) is 17.7 Å². The summed E-state index contributed by atoms with van der Waals surface area (Å²) in [6.07, 6.45) is 6.80. The number of benzene rings is 1. The summed E-state index contributed by atoms with van der Waals surface area (Å²) in [4.78, 5) is 25.2. The first-order valence-corrected chi connectivity index (χ1v) is 7.14. The molecular weight excluding hydrogens is 286 g/mol. The molecular formula is C16H15NO3S. The summed E-state index contributed by atoms with van der Waals surface area (Å²) >= 11 is 0.942. The Labute approximate surface area is 127 Å². The molecule has 0 N–H and O–H groups in total. The van der Waals surface area contributed by atoms with E-state index in [0.29, 0.717) is 4.91 Å². The Balaban J connectivity index is 2.06. The van der Waals surface area contributed by atoms with Crippen LogP contribution < -0.4 is 4.74 Å². The topological polar surface area (TPSA) is 46.6 Å². The van der Waals surface area contributed by atoms with Gasteiger partial charge in [-0.25, -0.2) is 0 Å². The lowest BCUT2D eigenvalue weighted by Gasteiger charge is -2.07. The van der Waals surface area contributed by atoms with Crippen molar-refractivity contribution in [2.24, 2.45) is 0 Å². The molecule has 0 saturated carbocycles. The Morgan fingerprint density at radius 1 is 1.29 bits per heavy atom. The number of imide groups is 1. The summed E-state index contributed by atoms with van der Waals surface area (Å²) < 4.78 is 5.08. The zero-order valence-corrected chi connectivity index (χ0v) is 12.4. The van der Waals surface area contributed by atoms with Gasteiger partial charge in [0.25, 0.3) is 11.1 Å². The fourth-order valence-electron chi connectivity index (χ4n) is 1.76. The molecule has 0 bridgehead atoms. The Hall–Kier alpha value is -2.27. The first kappa shape index (κ1) is 15.1. The van der Waals surface area contributed by atoms with Crippen LogP contribution in [-0.2, 0) is 4.79 Å². The van der Waals surface area contributed by atoms with Crippen LogP contribution >= 0.6 is 11.8 Å².